The van der Waals surface area contributed by atoms with Crippen molar-refractivity contribution in [2.45, 2.75) is 20.3 Å². The maximum absolute atomic E-state index is 12.0. The maximum Gasteiger partial charge on any atom is 0.323 e. The number of amides is 1. The lowest BCUT2D eigenvalue weighted by Crippen LogP contribution is -2.33. The van der Waals surface area contributed by atoms with Crippen LogP contribution < -0.4 is 4.74 Å². The first kappa shape index (κ1) is 15.0. The largest absolute Gasteiger partial charge is 0.496 e. The van der Waals surface area contributed by atoms with Gasteiger partial charge in [0.05, 0.1) is 13.5 Å². The highest BCUT2D eigenvalue weighted by molar-refractivity contribution is 5.83. The van der Waals surface area contributed by atoms with E-state index in [9.17, 15) is 9.59 Å². The number of carboxylic acid groups (broad SMARTS) is 1. The summed E-state index contributed by atoms with van der Waals surface area (Å²) in [7, 11) is 3.04. The van der Waals surface area contributed by atoms with Gasteiger partial charge in [-0.15, -0.1) is 0 Å². The molecule has 0 radical (unpaired) electrons. The Morgan fingerprint density at radius 2 is 1.95 bits per heavy atom. The third-order valence-corrected chi connectivity index (χ3v) is 2.92. The van der Waals surface area contributed by atoms with Crippen molar-refractivity contribution in [3.63, 3.8) is 0 Å². The molecule has 0 aliphatic rings. The van der Waals surface area contributed by atoms with Gasteiger partial charge in [0.2, 0.25) is 5.91 Å². The van der Waals surface area contributed by atoms with Crippen LogP contribution in [0.2, 0.25) is 0 Å². The Hall–Kier alpha value is -2.04. The quantitative estimate of drug-likeness (QED) is 0.873. The van der Waals surface area contributed by atoms with Gasteiger partial charge in [0.15, 0.2) is 0 Å². The molecule has 0 aromatic heterocycles. The molecule has 104 valence electrons. The van der Waals surface area contributed by atoms with Crippen molar-refractivity contribution < 1.29 is 19.4 Å². The van der Waals surface area contributed by atoms with Gasteiger partial charge >= 0.3 is 5.97 Å². The first-order chi connectivity index (χ1) is 8.85. The minimum Gasteiger partial charge on any atom is -0.496 e. The van der Waals surface area contributed by atoms with Gasteiger partial charge in [-0.2, -0.15) is 0 Å². The Balaban J connectivity index is 2.93. The van der Waals surface area contributed by atoms with Crippen molar-refractivity contribution in [1.29, 1.82) is 0 Å². The molecule has 5 heteroatoms. The summed E-state index contributed by atoms with van der Waals surface area (Å²) < 4.78 is 5.28. The first-order valence-electron chi connectivity index (χ1n) is 5.95. The van der Waals surface area contributed by atoms with Gasteiger partial charge in [-0.1, -0.05) is 6.07 Å². The summed E-state index contributed by atoms with van der Waals surface area (Å²) in [5.41, 5.74) is 2.83. The molecule has 1 rings (SSSR count). The smallest absolute Gasteiger partial charge is 0.323 e. The van der Waals surface area contributed by atoms with E-state index in [1.807, 2.05) is 26.0 Å². The lowest BCUT2D eigenvalue weighted by atomic mass is 10.0. The van der Waals surface area contributed by atoms with Gasteiger partial charge in [0.1, 0.15) is 12.3 Å². The summed E-state index contributed by atoms with van der Waals surface area (Å²) in [4.78, 5) is 23.7. The Morgan fingerprint density at radius 3 is 2.47 bits per heavy atom. The number of nitrogens with zero attached hydrogens (tertiary/aromatic N) is 1. The second kappa shape index (κ2) is 6.22. The fraction of sp³-hybridized carbons (Fsp3) is 0.429. The number of aliphatic carboxylic acids is 1. The topological polar surface area (TPSA) is 66.8 Å². The van der Waals surface area contributed by atoms with Gasteiger partial charge in [0, 0.05) is 12.6 Å². The standard InChI is InChI=1S/C14H19NO4/c1-9-5-10(2)11(12(6-9)19-4)7-13(16)15(3)8-14(17)18/h5-6H,7-8H2,1-4H3,(H,17,18). The zero-order valence-corrected chi connectivity index (χ0v) is 11.7. The summed E-state index contributed by atoms with van der Waals surface area (Å²) >= 11 is 0. The first-order valence-corrected chi connectivity index (χ1v) is 5.95. The molecule has 0 aliphatic carbocycles. The molecule has 19 heavy (non-hydrogen) atoms. The van der Waals surface area contributed by atoms with E-state index in [-0.39, 0.29) is 18.9 Å². The molecule has 1 aromatic rings. The number of carbonyl (C=O) groups excluding carboxylic acids is 1. The molecular formula is C14H19NO4. The van der Waals surface area contributed by atoms with Gasteiger partial charge in [0.25, 0.3) is 0 Å². The van der Waals surface area contributed by atoms with Crippen LogP contribution in [0.1, 0.15) is 16.7 Å². The predicted molar refractivity (Wildman–Crippen MR) is 71.4 cm³/mol. The van der Waals surface area contributed by atoms with Crippen molar-refractivity contribution >= 4 is 11.9 Å². The van der Waals surface area contributed by atoms with Crippen LogP contribution in [-0.2, 0) is 16.0 Å². The lowest BCUT2D eigenvalue weighted by molar-refractivity contribution is -0.143. The number of hydrogen-bond donors (Lipinski definition) is 1. The van der Waals surface area contributed by atoms with Crippen molar-refractivity contribution in [2.24, 2.45) is 0 Å². The van der Waals surface area contributed by atoms with Crippen LogP contribution in [0.5, 0.6) is 5.75 Å². The highest BCUT2D eigenvalue weighted by Gasteiger charge is 2.16. The number of ether oxygens (including phenoxy) is 1. The molecule has 1 N–H and O–H groups in total. The van der Waals surface area contributed by atoms with Gasteiger partial charge in [-0.25, -0.2) is 0 Å². The molecule has 5 nitrogen and oxygen atoms in total. The van der Waals surface area contributed by atoms with Crippen LogP contribution in [0, 0.1) is 13.8 Å². The fourth-order valence-corrected chi connectivity index (χ4v) is 1.94. The summed E-state index contributed by atoms with van der Waals surface area (Å²) in [6.07, 6.45) is 0.138. The van der Waals surface area contributed by atoms with Crippen molar-refractivity contribution in [3.8, 4) is 5.75 Å². The zero-order chi connectivity index (χ0) is 14.6. The monoisotopic (exact) mass is 265 g/mol. The molecule has 0 saturated heterocycles. The molecule has 0 heterocycles. The van der Waals surface area contributed by atoms with Gasteiger partial charge in [-0.3, -0.25) is 9.59 Å². The molecule has 1 aromatic carbocycles. The second-order valence-electron chi connectivity index (χ2n) is 4.58. The van der Waals surface area contributed by atoms with Crippen LogP contribution in [0.4, 0.5) is 0 Å². The summed E-state index contributed by atoms with van der Waals surface area (Å²) in [5, 5.41) is 8.67. The number of methoxy groups -OCH3 is 1. The Morgan fingerprint density at radius 1 is 1.32 bits per heavy atom. The van der Waals surface area contributed by atoms with Gasteiger partial charge in [-0.05, 0) is 31.0 Å². The average Bonchev–Trinajstić information content (AvgIpc) is 2.30. The zero-order valence-electron chi connectivity index (χ0n) is 11.7. The number of carboxylic acids is 1. The number of hydrogen-bond acceptors (Lipinski definition) is 3. The summed E-state index contributed by atoms with van der Waals surface area (Å²) in [6.45, 7) is 3.57. The SMILES string of the molecule is COc1cc(C)cc(C)c1CC(=O)N(C)CC(=O)O. The van der Waals surface area contributed by atoms with E-state index in [1.54, 1.807) is 7.11 Å². The number of likely N-dealkylation sites (N-methyl/N-ethyl adjacent to an activating group) is 1. The van der Waals surface area contributed by atoms with Crippen LogP contribution in [0.3, 0.4) is 0 Å². The molecule has 0 spiro atoms. The fourth-order valence-electron chi connectivity index (χ4n) is 1.94. The number of rotatable bonds is 5. The molecule has 0 aliphatic heterocycles. The molecule has 0 unspecified atom stereocenters. The molecule has 1 amide bonds. The van der Waals surface area contributed by atoms with Crippen molar-refractivity contribution in [1.82, 2.24) is 4.90 Å². The molecule has 0 atom stereocenters. The minimum absolute atomic E-state index is 0.138. The van der Waals surface area contributed by atoms with E-state index < -0.39 is 5.97 Å². The van der Waals surface area contributed by atoms with Crippen LogP contribution in [0.15, 0.2) is 12.1 Å². The summed E-state index contributed by atoms with van der Waals surface area (Å²) in [6, 6.07) is 3.84. The Labute approximate surface area is 112 Å². The molecule has 0 fully saturated rings. The predicted octanol–water partition coefficient (Wildman–Crippen LogP) is 1.40. The molecule has 0 bridgehead atoms. The molecular weight excluding hydrogens is 246 g/mol. The van der Waals surface area contributed by atoms with Crippen molar-refractivity contribution in [2.75, 3.05) is 20.7 Å². The highest BCUT2D eigenvalue weighted by Crippen LogP contribution is 2.25. The molecule has 0 saturated carbocycles. The van der Waals surface area contributed by atoms with Crippen molar-refractivity contribution in [3.05, 3.63) is 28.8 Å². The van der Waals surface area contributed by atoms with E-state index in [0.717, 1.165) is 16.7 Å². The normalized spacial score (nSPS) is 10.1. The third kappa shape index (κ3) is 3.98. The van der Waals surface area contributed by atoms with E-state index >= 15 is 0 Å². The van der Waals surface area contributed by atoms with E-state index in [0.29, 0.717) is 5.75 Å². The maximum atomic E-state index is 12.0. The van der Waals surface area contributed by atoms with Crippen LogP contribution in [0.25, 0.3) is 0 Å². The number of benzene rings is 1. The van der Waals surface area contributed by atoms with Crippen LogP contribution >= 0.6 is 0 Å². The van der Waals surface area contributed by atoms with Gasteiger partial charge < -0.3 is 14.7 Å². The second-order valence-corrected chi connectivity index (χ2v) is 4.58. The van der Waals surface area contributed by atoms with Crippen LogP contribution in [-0.4, -0.2) is 42.6 Å². The number of aryl methyl sites for hydroxylation is 2. The Kier molecular flexibility index (Phi) is 4.92. The summed E-state index contributed by atoms with van der Waals surface area (Å²) in [5.74, 6) is -0.606. The number of carbonyl (C=O) groups is 2. The van der Waals surface area contributed by atoms with E-state index in [1.165, 1.54) is 11.9 Å². The average molecular weight is 265 g/mol. The van der Waals surface area contributed by atoms with E-state index in [2.05, 4.69) is 0 Å². The Bertz CT molecular complexity index is 496. The lowest BCUT2D eigenvalue weighted by Gasteiger charge is -2.17. The third-order valence-electron chi connectivity index (χ3n) is 2.92. The van der Waals surface area contributed by atoms with E-state index in [4.69, 9.17) is 9.84 Å². The minimum atomic E-state index is -1.02. The highest BCUT2D eigenvalue weighted by atomic mass is 16.5.